The van der Waals surface area contributed by atoms with Gasteiger partial charge in [-0.1, -0.05) is 63.2 Å². The molecule has 0 heterocycles. The zero-order valence-electron chi connectivity index (χ0n) is 12.2. The molecule has 0 aliphatic heterocycles. The maximum Gasteiger partial charge on any atom is 0.150 e. The van der Waals surface area contributed by atoms with Crippen LogP contribution in [0.25, 0.3) is 0 Å². The predicted octanol–water partition coefficient (Wildman–Crippen LogP) is 4.38. The zero-order chi connectivity index (χ0) is 14.6. The highest BCUT2D eigenvalue weighted by Gasteiger charge is 2.18. The molecule has 2 nitrogen and oxygen atoms in total. The standard InChI is InChI=1S/C18H20O2/c1-18(2,3)16-10-6-7-11-17(16)20-13-15-9-5-4-8-14(15)12-19/h4-12H,13H2,1-3H3. The second-order valence-corrected chi connectivity index (χ2v) is 5.85. The molecule has 2 aromatic carbocycles. The normalized spacial score (nSPS) is 11.2. The molecule has 2 heteroatoms. The van der Waals surface area contributed by atoms with Crippen LogP contribution in [0.15, 0.2) is 48.5 Å². The maximum atomic E-state index is 11.0. The van der Waals surface area contributed by atoms with E-state index in [4.69, 9.17) is 4.74 Å². The van der Waals surface area contributed by atoms with Gasteiger partial charge in [0.15, 0.2) is 0 Å². The van der Waals surface area contributed by atoms with Gasteiger partial charge in [-0.05, 0) is 22.6 Å². The third-order valence-electron chi connectivity index (χ3n) is 3.26. The molecule has 0 spiro atoms. The first-order chi connectivity index (χ1) is 9.52. The lowest BCUT2D eigenvalue weighted by molar-refractivity contribution is 0.112. The van der Waals surface area contributed by atoms with Crippen molar-refractivity contribution < 1.29 is 9.53 Å². The van der Waals surface area contributed by atoms with Crippen LogP contribution in [-0.4, -0.2) is 6.29 Å². The average Bonchev–Trinajstić information content (AvgIpc) is 2.44. The molecule has 0 aliphatic rings. The highest BCUT2D eigenvalue weighted by molar-refractivity contribution is 5.77. The van der Waals surface area contributed by atoms with Crippen molar-refractivity contribution in [2.75, 3.05) is 0 Å². The van der Waals surface area contributed by atoms with Gasteiger partial charge in [0.05, 0.1) is 0 Å². The smallest absolute Gasteiger partial charge is 0.150 e. The van der Waals surface area contributed by atoms with E-state index in [0.717, 1.165) is 17.6 Å². The van der Waals surface area contributed by atoms with Crippen molar-refractivity contribution in [3.63, 3.8) is 0 Å². The van der Waals surface area contributed by atoms with Gasteiger partial charge in [-0.15, -0.1) is 0 Å². The van der Waals surface area contributed by atoms with E-state index in [9.17, 15) is 4.79 Å². The molecular weight excluding hydrogens is 248 g/mol. The Hall–Kier alpha value is -2.09. The van der Waals surface area contributed by atoms with Gasteiger partial charge in [-0.3, -0.25) is 4.79 Å². The second kappa shape index (κ2) is 5.91. The van der Waals surface area contributed by atoms with Crippen molar-refractivity contribution in [1.82, 2.24) is 0 Å². The first-order valence-electron chi connectivity index (χ1n) is 6.78. The van der Waals surface area contributed by atoms with Crippen LogP contribution in [0, 0.1) is 0 Å². The van der Waals surface area contributed by atoms with Crippen molar-refractivity contribution in [3.8, 4) is 5.75 Å². The Balaban J connectivity index is 2.22. The van der Waals surface area contributed by atoms with E-state index in [1.165, 1.54) is 5.56 Å². The van der Waals surface area contributed by atoms with Crippen molar-refractivity contribution >= 4 is 6.29 Å². The SMILES string of the molecule is CC(C)(C)c1ccccc1OCc1ccccc1C=O. The summed E-state index contributed by atoms with van der Waals surface area (Å²) in [6.45, 7) is 6.89. The molecule has 0 aromatic heterocycles. The fourth-order valence-corrected chi connectivity index (χ4v) is 2.15. The van der Waals surface area contributed by atoms with E-state index in [0.29, 0.717) is 12.2 Å². The largest absolute Gasteiger partial charge is 0.489 e. The number of aldehydes is 1. The summed E-state index contributed by atoms with van der Waals surface area (Å²) in [6, 6.07) is 15.6. The Morgan fingerprint density at radius 3 is 2.35 bits per heavy atom. The Kier molecular flexibility index (Phi) is 4.23. The van der Waals surface area contributed by atoms with Crippen LogP contribution >= 0.6 is 0 Å². The summed E-state index contributed by atoms with van der Waals surface area (Å²) < 4.78 is 5.93. The van der Waals surface area contributed by atoms with Gasteiger partial charge in [0.2, 0.25) is 0 Å². The highest BCUT2D eigenvalue weighted by Crippen LogP contribution is 2.31. The molecule has 2 aromatic rings. The fraction of sp³-hybridized carbons (Fsp3) is 0.278. The minimum Gasteiger partial charge on any atom is -0.489 e. The summed E-state index contributed by atoms with van der Waals surface area (Å²) in [4.78, 5) is 11.0. The van der Waals surface area contributed by atoms with Gasteiger partial charge in [-0.2, -0.15) is 0 Å². The molecule has 20 heavy (non-hydrogen) atoms. The van der Waals surface area contributed by atoms with Crippen molar-refractivity contribution in [2.45, 2.75) is 32.8 Å². The number of rotatable bonds is 4. The van der Waals surface area contributed by atoms with Crippen molar-refractivity contribution in [1.29, 1.82) is 0 Å². The van der Waals surface area contributed by atoms with Crippen LogP contribution in [0.2, 0.25) is 0 Å². The number of carbonyl (C=O) groups is 1. The molecule has 0 saturated carbocycles. The Labute approximate surface area is 120 Å². The van der Waals surface area contributed by atoms with E-state index in [-0.39, 0.29) is 5.41 Å². The Bertz CT molecular complexity index is 594. The van der Waals surface area contributed by atoms with Gasteiger partial charge < -0.3 is 4.74 Å². The Morgan fingerprint density at radius 2 is 1.65 bits per heavy atom. The van der Waals surface area contributed by atoms with Gasteiger partial charge >= 0.3 is 0 Å². The van der Waals surface area contributed by atoms with Crippen molar-refractivity contribution in [2.24, 2.45) is 0 Å². The third kappa shape index (κ3) is 3.27. The van der Waals surface area contributed by atoms with Gasteiger partial charge in [-0.25, -0.2) is 0 Å². The minimum atomic E-state index is 0.0285. The lowest BCUT2D eigenvalue weighted by atomic mass is 9.86. The highest BCUT2D eigenvalue weighted by atomic mass is 16.5. The van der Waals surface area contributed by atoms with Crippen LogP contribution in [0.5, 0.6) is 5.75 Å². The summed E-state index contributed by atoms with van der Waals surface area (Å²) in [5.41, 5.74) is 2.79. The quantitative estimate of drug-likeness (QED) is 0.769. The number of carbonyl (C=O) groups excluding carboxylic acids is 1. The number of para-hydroxylation sites is 1. The maximum absolute atomic E-state index is 11.0. The van der Waals surface area contributed by atoms with E-state index < -0.39 is 0 Å². The molecule has 0 bridgehead atoms. The summed E-state index contributed by atoms with van der Waals surface area (Å²) in [5.74, 6) is 0.876. The lowest BCUT2D eigenvalue weighted by Gasteiger charge is -2.22. The van der Waals surface area contributed by atoms with Crippen LogP contribution < -0.4 is 4.74 Å². The van der Waals surface area contributed by atoms with Crippen LogP contribution in [0.3, 0.4) is 0 Å². The first-order valence-corrected chi connectivity index (χ1v) is 6.78. The van der Waals surface area contributed by atoms with Crippen LogP contribution in [-0.2, 0) is 12.0 Å². The summed E-state index contributed by atoms with van der Waals surface area (Å²) in [6.07, 6.45) is 0.869. The van der Waals surface area contributed by atoms with Gasteiger partial charge in [0, 0.05) is 5.56 Å². The molecule has 0 aliphatic carbocycles. The minimum absolute atomic E-state index is 0.0285. The van der Waals surface area contributed by atoms with Gasteiger partial charge in [0.1, 0.15) is 18.6 Å². The number of benzene rings is 2. The zero-order valence-corrected chi connectivity index (χ0v) is 12.2. The molecule has 0 atom stereocenters. The lowest BCUT2D eigenvalue weighted by Crippen LogP contribution is -2.13. The summed E-state index contributed by atoms with van der Waals surface area (Å²) in [5, 5.41) is 0. The average molecular weight is 268 g/mol. The third-order valence-corrected chi connectivity index (χ3v) is 3.26. The van der Waals surface area contributed by atoms with E-state index >= 15 is 0 Å². The molecule has 2 rings (SSSR count). The molecule has 0 N–H and O–H groups in total. The van der Waals surface area contributed by atoms with Crippen LogP contribution in [0.1, 0.15) is 42.3 Å². The number of hydrogen-bond acceptors (Lipinski definition) is 2. The molecule has 0 fully saturated rings. The van der Waals surface area contributed by atoms with Crippen LogP contribution in [0.4, 0.5) is 0 Å². The molecule has 104 valence electrons. The first kappa shape index (κ1) is 14.3. The van der Waals surface area contributed by atoms with E-state index in [2.05, 4.69) is 26.8 Å². The fourth-order valence-electron chi connectivity index (χ4n) is 2.15. The van der Waals surface area contributed by atoms with E-state index in [1.54, 1.807) is 6.07 Å². The molecule has 0 amide bonds. The molecule has 0 saturated heterocycles. The topological polar surface area (TPSA) is 26.3 Å². The number of ether oxygens (including phenoxy) is 1. The molecule has 0 unspecified atom stereocenters. The summed E-state index contributed by atoms with van der Waals surface area (Å²) in [7, 11) is 0. The predicted molar refractivity (Wildman–Crippen MR) is 81.3 cm³/mol. The monoisotopic (exact) mass is 268 g/mol. The summed E-state index contributed by atoms with van der Waals surface area (Å²) >= 11 is 0. The molecular formula is C18H20O2. The molecule has 0 radical (unpaired) electrons. The second-order valence-electron chi connectivity index (χ2n) is 5.85. The Morgan fingerprint density at radius 1 is 1.00 bits per heavy atom. The van der Waals surface area contributed by atoms with Crippen molar-refractivity contribution in [3.05, 3.63) is 65.2 Å². The van der Waals surface area contributed by atoms with Gasteiger partial charge in [0.25, 0.3) is 0 Å². The number of hydrogen-bond donors (Lipinski definition) is 0. The van der Waals surface area contributed by atoms with E-state index in [1.807, 2.05) is 36.4 Å².